The van der Waals surface area contributed by atoms with Gasteiger partial charge in [-0.05, 0) is 37.0 Å². The van der Waals surface area contributed by atoms with Crippen molar-refractivity contribution in [2.45, 2.75) is 33.2 Å². The first-order valence-electron chi connectivity index (χ1n) is 6.75. The molecule has 1 amide bonds. The van der Waals surface area contributed by atoms with Crippen LogP contribution in [0.3, 0.4) is 0 Å². The van der Waals surface area contributed by atoms with Crippen LogP contribution in [0.1, 0.15) is 38.8 Å². The standard InChI is InChI=1S/C15H24N2O2/c1-11(2)8-9-19-14-6-4-13(5-7-14)12(3)17-15(18)10-16/h4-7,11-12H,8-10,16H2,1-3H3,(H,17,18). The lowest BCUT2D eigenvalue weighted by Gasteiger charge is -2.14. The first-order chi connectivity index (χ1) is 9.02. The largest absolute Gasteiger partial charge is 0.494 e. The smallest absolute Gasteiger partial charge is 0.234 e. The SMILES string of the molecule is CC(C)CCOc1ccc(C(C)NC(=O)CN)cc1. The van der Waals surface area contributed by atoms with Crippen LogP contribution in [-0.2, 0) is 4.79 Å². The monoisotopic (exact) mass is 264 g/mol. The van der Waals surface area contributed by atoms with E-state index in [1.165, 1.54) is 0 Å². The maximum atomic E-state index is 11.2. The van der Waals surface area contributed by atoms with Crippen molar-refractivity contribution in [2.24, 2.45) is 11.7 Å². The molecule has 1 aromatic carbocycles. The van der Waals surface area contributed by atoms with Gasteiger partial charge >= 0.3 is 0 Å². The van der Waals surface area contributed by atoms with E-state index in [1.54, 1.807) is 0 Å². The maximum absolute atomic E-state index is 11.2. The lowest BCUT2D eigenvalue weighted by Crippen LogP contribution is -2.32. The van der Waals surface area contributed by atoms with Gasteiger partial charge in [-0.25, -0.2) is 0 Å². The molecule has 0 fully saturated rings. The fourth-order valence-corrected chi connectivity index (χ4v) is 1.65. The quantitative estimate of drug-likeness (QED) is 0.794. The third-order valence-electron chi connectivity index (χ3n) is 2.91. The lowest BCUT2D eigenvalue weighted by molar-refractivity contribution is -0.120. The number of nitrogens with two attached hydrogens (primary N) is 1. The second kappa shape index (κ2) is 7.79. The summed E-state index contributed by atoms with van der Waals surface area (Å²) in [5.41, 5.74) is 6.31. The topological polar surface area (TPSA) is 64.3 Å². The van der Waals surface area contributed by atoms with Crippen LogP contribution >= 0.6 is 0 Å². The highest BCUT2D eigenvalue weighted by Gasteiger charge is 2.08. The van der Waals surface area contributed by atoms with E-state index in [4.69, 9.17) is 10.5 Å². The van der Waals surface area contributed by atoms with Gasteiger partial charge in [-0.2, -0.15) is 0 Å². The van der Waals surface area contributed by atoms with E-state index >= 15 is 0 Å². The molecule has 0 spiro atoms. The van der Waals surface area contributed by atoms with Crippen LogP contribution in [0.2, 0.25) is 0 Å². The van der Waals surface area contributed by atoms with Gasteiger partial charge in [0.25, 0.3) is 0 Å². The Morgan fingerprint density at radius 3 is 2.42 bits per heavy atom. The summed E-state index contributed by atoms with van der Waals surface area (Å²) < 4.78 is 5.65. The van der Waals surface area contributed by atoms with Crippen molar-refractivity contribution in [3.63, 3.8) is 0 Å². The Labute approximate surface area is 115 Å². The molecule has 0 saturated carbocycles. The van der Waals surface area contributed by atoms with Crippen LogP contribution in [-0.4, -0.2) is 19.1 Å². The molecule has 0 radical (unpaired) electrons. The molecular formula is C15H24N2O2. The number of amides is 1. The van der Waals surface area contributed by atoms with E-state index in [0.717, 1.165) is 24.3 Å². The van der Waals surface area contributed by atoms with Crippen molar-refractivity contribution in [2.75, 3.05) is 13.2 Å². The average molecular weight is 264 g/mol. The lowest BCUT2D eigenvalue weighted by atomic mass is 10.1. The number of nitrogens with one attached hydrogen (secondary N) is 1. The van der Waals surface area contributed by atoms with Gasteiger partial charge in [0, 0.05) is 0 Å². The minimum Gasteiger partial charge on any atom is -0.494 e. The van der Waals surface area contributed by atoms with Gasteiger partial charge in [0.2, 0.25) is 5.91 Å². The summed E-state index contributed by atoms with van der Waals surface area (Å²) in [5.74, 6) is 1.36. The Morgan fingerprint density at radius 1 is 1.26 bits per heavy atom. The van der Waals surface area contributed by atoms with Gasteiger partial charge in [-0.3, -0.25) is 4.79 Å². The molecule has 0 aromatic heterocycles. The number of benzene rings is 1. The number of ether oxygens (including phenoxy) is 1. The predicted octanol–water partition coefficient (Wildman–Crippen LogP) is 2.25. The van der Waals surface area contributed by atoms with Crippen molar-refractivity contribution in [1.82, 2.24) is 5.32 Å². The van der Waals surface area contributed by atoms with Gasteiger partial charge in [0.05, 0.1) is 19.2 Å². The Balaban J connectivity index is 2.48. The Kier molecular flexibility index (Phi) is 6.36. The molecule has 0 bridgehead atoms. The summed E-state index contributed by atoms with van der Waals surface area (Å²) in [6.07, 6.45) is 1.05. The Hall–Kier alpha value is -1.55. The highest BCUT2D eigenvalue weighted by molar-refractivity contribution is 5.78. The molecule has 0 aliphatic carbocycles. The molecule has 0 aliphatic rings. The van der Waals surface area contributed by atoms with Crippen molar-refractivity contribution >= 4 is 5.91 Å². The van der Waals surface area contributed by atoms with E-state index in [9.17, 15) is 4.79 Å². The minimum absolute atomic E-state index is 0.0146. The molecule has 0 aliphatic heterocycles. The Morgan fingerprint density at radius 2 is 1.89 bits per heavy atom. The summed E-state index contributed by atoms with van der Waals surface area (Å²) in [4.78, 5) is 11.2. The van der Waals surface area contributed by atoms with Crippen LogP contribution in [0.15, 0.2) is 24.3 Å². The van der Waals surface area contributed by atoms with Crippen LogP contribution in [0.4, 0.5) is 0 Å². The molecule has 0 saturated heterocycles. The first kappa shape index (κ1) is 15.5. The molecular weight excluding hydrogens is 240 g/mol. The van der Waals surface area contributed by atoms with Crippen LogP contribution in [0.25, 0.3) is 0 Å². The molecule has 1 aromatic rings. The van der Waals surface area contributed by atoms with Crippen LogP contribution in [0, 0.1) is 5.92 Å². The molecule has 3 N–H and O–H groups in total. The summed E-state index contributed by atoms with van der Waals surface area (Å²) >= 11 is 0. The fourth-order valence-electron chi connectivity index (χ4n) is 1.65. The van der Waals surface area contributed by atoms with E-state index in [0.29, 0.717) is 5.92 Å². The van der Waals surface area contributed by atoms with E-state index in [2.05, 4.69) is 19.2 Å². The van der Waals surface area contributed by atoms with E-state index in [-0.39, 0.29) is 18.5 Å². The third-order valence-corrected chi connectivity index (χ3v) is 2.91. The summed E-state index contributed by atoms with van der Waals surface area (Å²) in [6, 6.07) is 7.75. The number of hydrogen-bond acceptors (Lipinski definition) is 3. The molecule has 106 valence electrons. The summed E-state index contributed by atoms with van der Waals surface area (Å²) in [5, 5.41) is 2.82. The Bertz CT molecular complexity index is 388. The fraction of sp³-hybridized carbons (Fsp3) is 0.533. The normalized spacial score (nSPS) is 12.3. The van der Waals surface area contributed by atoms with Crippen molar-refractivity contribution in [3.05, 3.63) is 29.8 Å². The number of rotatable bonds is 7. The third kappa shape index (κ3) is 5.75. The van der Waals surface area contributed by atoms with Gasteiger partial charge in [0.1, 0.15) is 5.75 Å². The van der Waals surface area contributed by atoms with Crippen LogP contribution in [0.5, 0.6) is 5.75 Å². The van der Waals surface area contributed by atoms with Crippen molar-refractivity contribution < 1.29 is 9.53 Å². The number of carbonyl (C=O) groups is 1. The van der Waals surface area contributed by atoms with Gasteiger partial charge in [-0.15, -0.1) is 0 Å². The summed E-state index contributed by atoms with van der Waals surface area (Å²) in [6.45, 7) is 7.03. The molecule has 1 rings (SSSR count). The van der Waals surface area contributed by atoms with Crippen molar-refractivity contribution in [1.29, 1.82) is 0 Å². The maximum Gasteiger partial charge on any atom is 0.234 e. The molecule has 1 atom stereocenters. The zero-order valence-corrected chi connectivity index (χ0v) is 12.0. The predicted molar refractivity (Wildman–Crippen MR) is 77.0 cm³/mol. The average Bonchev–Trinajstić information content (AvgIpc) is 2.38. The van der Waals surface area contributed by atoms with Gasteiger partial charge < -0.3 is 15.8 Å². The zero-order chi connectivity index (χ0) is 14.3. The highest BCUT2D eigenvalue weighted by Crippen LogP contribution is 2.18. The highest BCUT2D eigenvalue weighted by atomic mass is 16.5. The van der Waals surface area contributed by atoms with Gasteiger partial charge in [-0.1, -0.05) is 26.0 Å². The zero-order valence-electron chi connectivity index (χ0n) is 12.0. The summed E-state index contributed by atoms with van der Waals surface area (Å²) in [7, 11) is 0. The molecule has 4 nitrogen and oxygen atoms in total. The second-order valence-electron chi connectivity index (χ2n) is 5.09. The van der Waals surface area contributed by atoms with Crippen LogP contribution < -0.4 is 15.8 Å². The molecule has 0 heterocycles. The molecule has 4 heteroatoms. The molecule has 1 unspecified atom stereocenters. The molecule has 19 heavy (non-hydrogen) atoms. The first-order valence-corrected chi connectivity index (χ1v) is 6.75. The van der Waals surface area contributed by atoms with Gasteiger partial charge in [0.15, 0.2) is 0 Å². The number of hydrogen-bond donors (Lipinski definition) is 2. The van der Waals surface area contributed by atoms with E-state index < -0.39 is 0 Å². The number of carbonyl (C=O) groups excluding carboxylic acids is 1. The second-order valence-corrected chi connectivity index (χ2v) is 5.09. The van der Waals surface area contributed by atoms with E-state index in [1.807, 2.05) is 31.2 Å². The van der Waals surface area contributed by atoms with Crippen molar-refractivity contribution in [3.8, 4) is 5.75 Å². The minimum atomic E-state index is -0.148.